The first kappa shape index (κ1) is 7.53. The van der Waals surface area contributed by atoms with Crippen LogP contribution < -0.4 is 5.32 Å². The van der Waals surface area contributed by atoms with Gasteiger partial charge in [0.05, 0.1) is 5.69 Å². The highest BCUT2D eigenvalue weighted by Crippen LogP contribution is 2.38. The normalized spacial score (nSPS) is 16.1. The van der Waals surface area contributed by atoms with Gasteiger partial charge in [0.25, 0.3) is 0 Å². The van der Waals surface area contributed by atoms with Crippen LogP contribution in [0.3, 0.4) is 0 Å². The van der Waals surface area contributed by atoms with E-state index in [9.17, 15) is 0 Å². The van der Waals surface area contributed by atoms with Crippen molar-refractivity contribution in [2.45, 2.75) is 25.7 Å². The second-order valence-electron chi connectivity index (χ2n) is 3.15. The zero-order valence-electron chi connectivity index (χ0n) is 7.25. The van der Waals surface area contributed by atoms with E-state index in [1.165, 1.54) is 12.8 Å². The first-order valence-electron chi connectivity index (χ1n) is 4.47. The molecule has 1 aromatic rings. The monoisotopic (exact) mass is 163 g/mol. The van der Waals surface area contributed by atoms with Crippen molar-refractivity contribution >= 4 is 5.82 Å². The first-order chi connectivity index (χ1) is 5.90. The second-order valence-corrected chi connectivity index (χ2v) is 3.15. The molecule has 1 aromatic heterocycles. The third-order valence-electron chi connectivity index (χ3n) is 2.04. The third kappa shape index (κ3) is 1.55. The van der Waals surface area contributed by atoms with Crippen LogP contribution in [0, 0.1) is 0 Å². The fourth-order valence-electron chi connectivity index (χ4n) is 1.21. The molecular formula is C9H13N3. The molecule has 1 fully saturated rings. The summed E-state index contributed by atoms with van der Waals surface area (Å²) in [5.41, 5.74) is 1.15. The summed E-state index contributed by atoms with van der Waals surface area (Å²) in [6.45, 7) is 2.95. The topological polar surface area (TPSA) is 37.8 Å². The summed E-state index contributed by atoms with van der Waals surface area (Å²) in [6.07, 6.45) is 2.57. The number of anilines is 1. The predicted octanol–water partition coefficient (Wildman–Crippen LogP) is 1.79. The molecule has 0 radical (unpaired) electrons. The smallest absolute Gasteiger partial charge is 0.148 e. The van der Waals surface area contributed by atoms with Crippen molar-refractivity contribution in [2.75, 3.05) is 11.9 Å². The molecule has 0 aromatic carbocycles. The Hall–Kier alpha value is -1.12. The van der Waals surface area contributed by atoms with Gasteiger partial charge in [-0.25, -0.2) is 0 Å². The first-order valence-corrected chi connectivity index (χ1v) is 4.47. The number of hydrogen-bond acceptors (Lipinski definition) is 3. The molecule has 0 saturated heterocycles. The predicted molar refractivity (Wildman–Crippen MR) is 48.2 cm³/mol. The lowest BCUT2D eigenvalue weighted by molar-refractivity contribution is 0.907. The molecule has 3 heteroatoms. The van der Waals surface area contributed by atoms with Crippen LogP contribution in [0.5, 0.6) is 0 Å². The van der Waals surface area contributed by atoms with Gasteiger partial charge in [-0.05, 0) is 31.9 Å². The Bertz CT molecular complexity index is 251. The highest BCUT2D eigenvalue weighted by atomic mass is 15.2. The molecular weight excluding hydrogens is 150 g/mol. The van der Waals surface area contributed by atoms with Crippen LogP contribution in [0.15, 0.2) is 12.1 Å². The van der Waals surface area contributed by atoms with Crippen molar-refractivity contribution in [3.63, 3.8) is 0 Å². The lowest BCUT2D eigenvalue weighted by Gasteiger charge is -2.00. The minimum absolute atomic E-state index is 0.702. The average Bonchev–Trinajstić information content (AvgIpc) is 2.89. The number of nitrogens with one attached hydrogen (secondary N) is 1. The minimum atomic E-state index is 0.702. The molecule has 2 rings (SSSR count). The van der Waals surface area contributed by atoms with Gasteiger partial charge in [0.15, 0.2) is 0 Å². The van der Waals surface area contributed by atoms with Crippen molar-refractivity contribution in [1.82, 2.24) is 10.2 Å². The Morgan fingerprint density at radius 1 is 1.42 bits per heavy atom. The van der Waals surface area contributed by atoms with Crippen LogP contribution in [0.25, 0.3) is 0 Å². The Labute approximate surface area is 72.2 Å². The van der Waals surface area contributed by atoms with Crippen LogP contribution >= 0.6 is 0 Å². The van der Waals surface area contributed by atoms with E-state index in [-0.39, 0.29) is 0 Å². The van der Waals surface area contributed by atoms with Crippen LogP contribution in [0.1, 0.15) is 31.4 Å². The van der Waals surface area contributed by atoms with E-state index in [4.69, 9.17) is 0 Å². The van der Waals surface area contributed by atoms with E-state index in [0.717, 1.165) is 18.1 Å². The van der Waals surface area contributed by atoms with Crippen molar-refractivity contribution in [3.8, 4) is 0 Å². The molecule has 0 aliphatic heterocycles. The van der Waals surface area contributed by atoms with Crippen LogP contribution in [-0.4, -0.2) is 16.7 Å². The molecule has 0 spiro atoms. The number of rotatable bonds is 3. The number of aromatic nitrogens is 2. The van der Waals surface area contributed by atoms with Gasteiger partial charge in [0.2, 0.25) is 0 Å². The number of nitrogens with zero attached hydrogens (tertiary/aromatic N) is 2. The molecule has 0 atom stereocenters. The zero-order valence-corrected chi connectivity index (χ0v) is 7.25. The largest absolute Gasteiger partial charge is 0.369 e. The van der Waals surface area contributed by atoms with E-state index in [1.807, 2.05) is 6.07 Å². The summed E-state index contributed by atoms with van der Waals surface area (Å²) in [5.74, 6) is 1.58. The molecule has 0 amide bonds. The maximum absolute atomic E-state index is 4.15. The summed E-state index contributed by atoms with van der Waals surface area (Å²) in [7, 11) is 0. The average molecular weight is 163 g/mol. The second kappa shape index (κ2) is 3.09. The van der Waals surface area contributed by atoms with Gasteiger partial charge in [-0.1, -0.05) is 0 Å². The summed E-state index contributed by atoms with van der Waals surface area (Å²) in [4.78, 5) is 0. The van der Waals surface area contributed by atoms with Gasteiger partial charge in [0.1, 0.15) is 5.82 Å². The molecule has 0 bridgehead atoms. The molecule has 1 heterocycles. The molecule has 64 valence electrons. The summed E-state index contributed by atoms with van der Waals surface area (Å²) < 4.78 is 0. The lowest BCUT2D eigenvalue weighted by Crippen LogP contribution is -2.01. The highest BCUT2D eigenvalue weighted by Gasteiger charge is 2.24. The molecule has 1 aliphatic rings. The summed E-state index contributed by atoms with van der Waals surface area (Å²) >= 11 is 0. The fourth-order valence-corrected chi connectivity index (χ4v) is 1.21. The van der Waals surface area contributed by atoms with E-state index < -0.39 is 0 Å². The van der Waals surface area contributed by atoms with Gasteiger partial charge in [-0.2, -0.15) is 5.10 Å². The Morgan fingerprint density at radius 3 is 2.75 bits per heavy atom. The Morgan fingerprint density at radius 2 is 2.25 bits per heavy atom. The quantitative estimate of drug-likeness (QED) is 0.738. The van der Waals surface area contributed by atoms with E-state index in [1.54, 1.807) is 0 Å². The lowest BCUT2D eigenvalue weighted by atomic mass is 10.3. The third-order valence-corrected chi connectivity index (χ3v) is 2.04. The standard InChI is InChI=1S/C9H13N3/c1-2-10-9-6-5-8(11-12-9)7-3-4-7/h5-7H,2-4H2,1H3,(H,10,12). The van der Waals surface area contributed by atoms with Gasteiger partial charge >= 0.3 is 0 Å². The van der Waals surface area contributed by atoms with Gasteiger partial charge in [0, 0.05) is 12.5 Å². The van der Waals surface area contributed by atoms with Crippen LogP contribution in [0.4, 0.5) is 5.82 Å². The molecule has 3 nitrogen and oxygen atoms in total. The van der Waals surface area contributed by atoms with E-state index in [0.29, 0.717) is 5.92 Å². The van der Waals surface area contributed by atoms with Crippen molar-refractivity contribution in [3.05, 3.63) is 17.8 Å². The Kier molecular flexibility index (Phi) is 1.94. The van der Waals surface area contributed by atoms with Crippen molar-refractivity contribution in [1.29, 1.82) is 0 Å². The van der Waals surface area contributed by atoms with Gasteiger partial charge in [-0.15, -0.1) is 5.10 Å². The van der Waals surface area contributed by atoms with Crippen LogP contribution in [0.2, 0.25) is 0 Å². The maximum Gasteiger partial charge on any atom is 0.148 e. The Balaban J connectivity index is 2.08. The van der Waals surface area contributed by atoms with E-state index in [2.05, 4.69) is 28.5 Å². The van der Waals surface area contributed by atoms with Gasteiger partial charge in [-0.3, -0.25) is 0 Å². The molecule has 1 aliphatic carbocycles. The summed E-state index contributed by atoms with van der Waals surface area (Å²) in [5, 5.41) is 11.3. The molecule has 12 heavy (non-hydrogen) atoms. The summed E-state index contributed by atoms with van der Waals surface area (Å²) in [6, 6.07) is 4.08. The fraction of sp³-hybridized carbons (Fsp3) is 0.556. The SMILES string of the molecule is CCNc1ccc(C2CC2)nn1. The highest BCUT2D eigenvalue weighted by molar-refractivity contribution is 5.33. The zero-order chi connectivity index (χ0) is 8.39. The molecule has 1 saturated carbocycles. The van der Waals surface area contributed by atoms with Gasteiger partial charge < -0.3 is 5.32 Å². The van der Waals surface area contributed by atoms with Crippen LogP contribution in [-0.2, 0) is 0 Å². The maximum atomic E-state index is 4.15. The van der Waals surface area contributed by atoms with E-state index >= 15 is 0 Å². The number of hydrogen-bond donors (Lipinski definition) is 1. The molecule has 0 unspecified atom stereocenters. The molecule has 1 N–H and O–H groups in total. The minimum Gasteiger partial charge on any atom is -0.369 e. The van der Waals surface area contributed by atoms with Crippen molar-refractivity contribution < 1.29 is 0 Å². The van der Waals surface area contributed by atoms with Crippen molar-refractivity contribution in [2.24, 2.45) is 0 Å².